The Morgan fingerprint density at radius 3 is 2.03 bits per heavy atom. The second kappa shape index (κ2) is 9.84. The molecule has 4 heteroatoms. The van der Waals surface area contributed by atoms with Gasteiger partial charge in [0.05, 0.1) is 5.92 Å². The molecule has 0 amide bonds. The van der Waals surface area contributed by atoms with Crippen molar-refractivity contribution in [2.75, 3.05) is 0 Å². The Hall–Kier alpha value is -3.04. The first kappa shape index (κ1) is 23.1. The fourth-order valence-corrected chi connectivity index (χ4v) is 4.30. The van der Waals surface area contributed by atoms with Gasteiger partial charge in [0.2, 0.25) is 6.10 Å². The summed E-state index contributed by atoms with van der Waals surface area (Å²) in [5, 5.41) is 0.650. The van der Waals surface area contributed by atoms with Gasteiger partial charge >= 0.3 is 5.97 Å². The predicted molar refractivity (Wildman–Crippen MR) is 134 cm³/mol. The van der Waals surface area contributed by atoms with Gasteiger partial charge in [-0.2, -0.15) is 0 Å². The van der Waals surface area contributed by atoms with Gasteiger partial charge in [-0.1, -0.05) is 100.0 Å². The van der Waals surface area contributed by atoms with Gasteiger partial charge in [-0.05, 0) is 46.7 Å². The van der Waals surface area contributed by atoms with E-state index in [1.807, 2.05) is 78.9 Å². The zero-order valence-corrected chi connectivity index (χ0v) is 20.2. The minimum Gasteiger partial charge on any atom is -0.477 e. The van der Waals surface area contributed by atoms with Gasteiger partial charge in [0.15, 0.2) is 0 Å². The normalized spacial score (nSPS) is 17.7. The number of ether oxygens (including phenoxy) is 2. The van der Waals surface area contributed by atoms with E-state index in [1.54, 1.807) is 0 Å². The van der Waals surface area contributed by atoms with Crippen molar-refractivity contribution in [2.24, 2.45) is 0 Å². The molecule has 2 atom stereocenters. The summed E-state index contributed by atoms with van der Waals surface area (Å²) >= 11 is 6.10. The van der Waals surface area contributed by atoms with Crippen molar-refractivity contribution in [1.82, 2.24) is 0 Å². The molecular weight excluding hydrogens is 432 g/mol. The lowest BCUT2D eigenvalue weighted by atomic mass is 9.93. The smallest absolute Gasteiger partial charge is 0.353 e. The highest BCUT2D eigenvalue weighted by Gasteiger charge is 2.39. The Balaban J connectivity index is 1.70. The average Bonchev–Trinajstić information content (AvgIpc) is 3.25. The monoisotopic (exact) mass is 460 g/mol. The van der Waals surface area contributed by atoms with Crippen LogP contribution in [0.25, 0.3) is 5.76 Å². The molecule has 1 aliphatic rings. The average molecular weight is 461 g/mol. The summed E-state index contributed by atoms with van der Waals surface area (Å²) in [4.78, 5) is 13.6. The number of halogens is 1. The maximum absolute atomic E-state index is 13.6. The van der Waals surface area contributed by atoms with E-state index in [0.29, 0.717) is 16.5 Å². The van der Waals surface area contributed by atoms with Gasteiger partial charge in [0.25, 0.3) is 0 Å². The van der Waals surface area contributed by atoms with E-state index in [1.165, 1.54) is 0 Å². The standard InChI is InChI=1S/C29H29ClO3/c1-18(2)23-11-8-12-24(19(3)4)27(23)33-29(31)28-25(20-13-15-22(30)16-14-20)17-26(32-28)21-9-6-5-7-10-21/h5-19,25,28H,1-4H3/t25-,28+/m0/s1. The van der Waals surface area contributed by atoms with Crippen molar-refractivity contribution < 1.29 is 14.3 Å². The molecular formula is C29H29ClO3. The Kier molecular flexibility index (Phi) is 6.90. The van der Waals surface area contributed by atoms with Crippen LogP contribution in [0.1, 0.15) is 67.7 Å². The van der Waals surface area contributed by atoms with Crippen LogP contribution in [0.15, 0.2) is 78.9 Å². The highest BCUT2D eigenvalue weighted by atomic mass is 35.5. The highest BCUT2D eigenvalue weighted by Crippen LogP contribution is 2.40. The van der Waals surface area contributed by atoms with Crippen LogP contribution in [0.2, 0.25) is 5.02 Å². The SMILES string of the molecule is CC(C)c1cccc(C(C)C)c1OC(=O)[C@@H]1OC(c2ccccc2)=C[C@H]1c1ccc(Cl)cc1. The number of para-hydroxylation sites is 1. The van der Waals surface area contributed by atoms with Crippen LogP contribution < -0.4 is 4.74 Å². The van der Waals surface area contributed by atoms with E-state index in [9.17, 15) is 4.79 Å². The summed E-state index contributed by atoms with van der Waals surface area (Å²) in [7, 11) is 0. The maximum atomic E-state index is 13.6. The van der Waals surface area contributed by atoms with Gasteiger partial charge in [0.1, 0.15) is 11.5 Å². The molecule has 0 saturated carbocycles. The minimum atomic E-state index is -0.790. The maximum Gasteiger partial charge on any atom is 0.353 e. The number of benzene rings is 3. The number of rotatable bonds is 6. The molecule has 3 aromatic carbocycles. The number of carbonyl (C=O) groups excluding carboxylic acids is 1. The third kappa shape index (κ3) is 4.99. The lowest BCUT2D eigenvalue weighted by molar-refractivity contribution is -0.143. The zero-order valence-electron chi connectivity index (χ0n) is 19.4. The summed E-state index contributed by atoms with van der Waals surface area (Å²) in [5.41, 5.74) is 3.92. The quantitative estimate of drug-likeness (QED) is 0.279. The lowest BCUT2D eigenvalue weighted by Gasteiger charge is -2.23. The molecule has 0 aliphatic carbocycles. The summed E-state index contributed by atoms with van der Waals surface area (Å²) < 4.78 is 12.4. The number of esters is 1. The number of hydrogen-bond acceptors (Lipinski definition) is 3. The summed E-state index contributed by atoms with van der Waals surface area (Å²) in [6.07, 6.45) is 1.21. The summed E-state index contributed by atoms with van der Waals surface area (Å²) in [5.74, 6) is 1.10. The van der Waals surface area contributed by atoms with Crippen molar-refractivity contribution >= 4 is 23.3 Å². The van der Waals surface area contributed by atoms with Crippen LogP contribution in [0, 0.1) is 0 Å². The molecule has 0 fully saturated rings. The molecule has 0 aromatic heterocycles. The molecule has 1 heterocycles. The van der Waals surface area contributed by atoms with E-state index in [0.717, 1.165) is 22.3 Å². The molecule has 0 unspecified atom stereocenters. The molecule has 3 nitrogen and oxygen atoms in total. The number of carbonyl (C=O) groups is 1. The highest BCUT2D eigenvalue weighted by molar-refractivity contribution is 6.30. The minimum absolute atomic E-state index is 0.223. The molecule has 170 valence electrons. The van der Waals surface area contributed by atoms with E-state index >= 15 is 0 Å². The molecule has 33 heavy (non-hydrogen) atoms. The third-order valence-electron chi connectivity index (χ3n) is 5.98. The van der Waals surface area contributed by atoms with Crippen LogP contribution in [-0.2, 0) is 9.53 Å². The molecule has 0 saturated heterocycles. The first-order valence-corrected chi connectivity index (χ1v) is 11.8. The Bertz CT molecular complexity index is 1120. The van der Waals surface area contributed by atoms with Crippen molar-refractivity contribution in [3.63, 3.8) is 0 Å². The summed E-state index contributed by atoms with van der Waals surface area (Å²) in [6, 6.07) is 23.4. The molecule has 3 aromatic rings. The van der Waals surface area contributed by atoms with E-state index in [4.69, 9.17) is 21.1 Å². The molecule has 0 N–H and O–H groups in total. The topological polar surface area (TPSA) is 35.5 Å². The van der Waals surface area contributed by atoms with Crippen LogP contribution in [0.3, 0.4) is 0 Å². The van der Waals surface area contributed by atoms with Crippen molar-refractivity contribution in [1.29, 1.82) is 0 Å². The fraction of sp³-hybridized carbons (Fsp3) is 0.276. The molecule has 1 aliphatic heterocycles. The van der Waals surface area contributed by atoms with Crippen molar-refractivity contribution in [3.8, 4) is 5.75 Å². The molecule has 0 radical (unpaired) electrons. The lowest BCUT2D eigenvalue weighted by Crippen LogP contribution is -2.31. The van der Waals surface area contributed by atoms with Crippen molar-refractivity contribution in [3.05, 3.63) is 106 Å². The first-order valence-electron chi connectivity index (χ1n) is 11.4. The zero-order chi connectivity index (χ0) is 23.5. The number of hydrogen-bond donors (Lipinski definition) is 0. The Morgan fingerprint density at radius 1 is 0.848 bits per heavy atom. The molecule has 0 spiro atoms. The van der Waals surface area contributed by atoms with Crippen LogP contribution in [-0.4, -0.2) is 12.1 Å². The van der Waals surface area contributed by atoms with Gasteiger partial charge in [-0.25, -0.2) is 4.79 Å². The second-order valence-corrected chi connectivity index (χ2v) is 9.45. The van der Waals surface area contributed by atoms with Gasteiger partial charge in [-0.3, -0.25) is 0 Å². The van der Waals surface area contributed by atoms with Crippen LogP contribution in [0.5, 0.6) is 5.75 Å². The predicted octanol–water partition coefficient (Wildman–Crippen LogP) is 7.72. The molecule has 4 rings (SSSR count). The Morgan fingerprint density at radius 2 is 1.45 bits per heavy atom. The van der Waals surface area contributed by atoms with Crippen LogP contribution >= 0.6 is 11.6 Å². The van der Waals surface area contributed by atoms with E-state index < -0.39 is 12.1 Å². The second-order valence-electron chi connectivity index (χ2n) is 9.01. The fourth-order valence-electron chi connectivity index (χ4n) is 4.18. The first-order chi connectivity index (χ1) is 15.8. The third-order valence-corrected chi connectivity index (χ3v) is 6.23. The Labute approximate surface area is 201 Å². The van der Waals surface area contributed by atoms with Crippen LogP contribution in [0.4, 0.5) is 0 Å². The van der Waals surface area contributed by atoms with Gasteiger partial charge in [-0.15, -0.1) is 0 Å². The van der Waals surface area contributed by atoms with Gasteiger partial charge in [0, 0.05) is 10.6 Å². The largest absolute Gasteiger partial charge is 0.477 e. The van der Waals surface area contributed by atoms with E-state index in [-0.39, 0.29) is 17.8 Å². The van der Waals surface area contributed by atoms with E-state index in [2.05, 4.69) is 27.7 Å². The van der Waals surface area contributed by atoms with Gasteiger partial charge < -0.3 is 9.47 Å². The molecule has 0 bridgehead atoms. The summed E-state index contributed by atoms with van der Waals surface area (Å²) in [6.45, 7) is 8.42. The van der Waals surface area contributed by atoms with Crippen molar-refractivity contribution in [2.45, 2.75) is 51.6 Å².